The van der Waals surface area contributed by atoms with Crippen molar-refractivity contribution in [2.45, 2.75) is 40.2 Å². The van der Waals surface area contributed by atoms with E-state index in [1.54, 1.807) is 4.90 Å². The van der Waals surface area contributed by atoms with Crippen LogP contribution >= 0.6 is 11.8 Å². The molecule has 1 aliphatic rings. The maximum absolute atomic E-state index is 12.5. The quantitative estimate of drug-likeness (QED) is 0.653. The van der Waals surface area contributed by atoms with E-state index >= 15 is 0 Å². The summed E-state index contributed by atoms with van der Waals surface area (Å²) in [6.45, 7) is 10.3. The lowest BCUT2D eigenvalue weighted by Gasteiger charge is -2.25. The molecule has 0 saturated carbocycles. The van der Waals surface area contributed by atoms with Crippen molar-refractivity contribution in [3.05, 3.63) is 23.8 Å². The second-order valence-electron chi connectivity index (χ2n) is 6.71. The Bertz CT molecular complexity index is 651. The number of carbonyl (C=O) groups is 2. The number of benzene rings is 1. The second-order valence-corrected chi connectivity index (χ2v) is 7.76. The maximum Gasteiger partial charge on any atom is 0.281 e. The van der Waals surface area contributed by atoms with Crippen molar-refractivity contribution in [3.63, 3.8) is 0 Å². The van der Waals surface area contributed by atoms with Gasteiger partial charge in [-0.3, -0.25) is 9.59 Å². The minimum Gasteiger partial charge on any atom is -0.490 e. The van der Waals surface area contributed by atoms with Crippen LogP contribution in [0, 0.1) is 5.92 Å². The Balaban J connectivity index is 2.06. The summed E-state index contributed by atoms with van der Waals surface area (Å²) in [6, 6.07) is 5.68. The molecule has 1 atom stereocenters. The smallest absolute Gasteiger partial charge is 0.281 e. The van der Waals surface area contributed by atoms with E-state index in [-0.39, 0.29) is 23.1 Å². The monoisotopic (exact) mass is 394 g/mol. The summed E-state index contributed by atoms with van der Waals surface area (Å²) in [5, 5.41) is 3.18. The highest BCUT2D eigenvalue weighted by atomic mass is 32.2. The van der Waals surface area contributed by atoms with E-state index in [0.29, 0.717) is 37.7 Å². The highest BCUT2D eigenvalue weighted by Gasteiger charge is 2.23. The normalized spacial score (nSPS) is 15.1. The van der Waals surface area contributed by atoms with Crippen LogP contribution in [0.4, 0.5) is 4.79 Å². The zero-order valence-electron chi connectivity index (χ0n) is 16.6. The summed E-state index contributed by atoms with van der Waals surface area (Å²) in [5.41, 5.74) is 0.984. The summed E-state index contributed by atoms with van der Waals surface area (Å²) in [4.78, 5) is 25.9. The van der Waals surface area contributed by atoms with Crippen molar-refractivity contribution in [3.8, 4) is 11.5 Å². The second kappa shape index (κ2) is 10.4. The van der Waals surface area contributed by atoms with Gasteiger partial charge in [-0.1, -0.05) is 31.7 Å². The molecule has 1 fully saturated rings. The van der Waals surface area contributed by atoms with Gasteiger partial charge in [-0.2, -0.15) is 0 Å². The molecule has 2 rings (SSSR count). The lowest BCUT2D eigenvalue weighted by molar-refractivity contribution is -0.122. The molecule has 0 spiro atoms. The van der Waals surface area contributed by atoms with Crippen molar-refractivity contribution in [1.29, 1.82) is 0 Å². The Hall–Kier alpha value is -1.89. The van der Waals surface area contributed by atoms with Gasteiger partial charge < -0.3 is 19.7 Å². The van der Waals surface area contributed by atoms with Gasteiger partial charge >= 0.3 is 0 Å². The predicted octanol–water partition coefficient (Wildman–Crippen LogP) is 3.86. The van der Waals surface area contributed by atoms with Gasteiger partial charge in [-0.15, -0.1) is 0 Å². The molecule has 1 aliphatic heterocycles. The fourth-order valence-corrected chi connectivity index (χ4v) is 3.86. The van der Waals surface area contributed by atoms with Crippen molar-refractivity contribution in [1.82, 2.24) is 10.2 Å². The van der Waals surface area contributed by atoms with E-state index in [1.807, 2.05) is 32.0 Å². The first-order valence-electron chi connectivity index (χ1n) is 9.56. The topological polar surface area (TPSA) is 67.9 Å². The molecule has 1 heterocycles. The Labute approximate surface area is 166 Å². The minimum atomic E-state index is -0.129. The average molecular weight is 395 g/mol. The molecule has 1 unspecified atom stereocenters. The summed E-state index contributed by atoms with van der Waals surface area (Å²) in [6.07, 6.45) is 0.310. The van der Waals surface area contributed by atoms with Gasteiger partial charge in [0.1, 0.15) is 0 Å². The highest BCUT2D eigenvalue weighted by molar-refractivity contribution is 8.13. The third kappa shape index (κ3) is 6.06. The molecule has 7 heteroatoms. The third-order valence-corrected chi connectivity index (χ3v) is 5.26. The molecule has 0 radical (unpaired) electrons. The van der Waals surface area contributed by atoms with E-state index in [2.05, 4.69) is 19.2 Å². The first-order chi connectivity index (χ1) is 13.0. The lowest BCUT2D eigenvalue weighted by Crippen LogP contribution is -2.35. The van der Waals surface area contributed by atoms with Gasteiger partial charge in [0, 0.05) is 25.3 Å². The molecule has 150 valence electrons. The molecule has 0 aromatic heterocycles. The molecule has 2 amide bonds. The average Bonchev–Trinajstić information content (AvgIpc) is 3.04. The lowest BCUT2D eigenvalue weighted by atomic mass is 9.95. The summed E-state index contributed by atoms with van der Waals surface area (Å²) < 4.78 is 11.3. The summed E-state index contributed by atoms with van der Waals surface area (Å²) >= 11 is 1.31. The van der Waals surface area contributed by atoms with Crippen molar-refractivity contribution >= 4 is 22.9 Å². The highest BCUT2D eigenvalue weighted by Crippen LogP contribution is 2.33. The van der Waals surface area contributed by atoms with Crippen LogP contribution in [0.15, 0.2) is 18.2 Å². The van der Waals surface area contributed by atoms with Crippen LogP contribution in [0.5, 0.6) is 11.5 Å². The zero-order valence-corrected chi connectivity index (χ0v) is 17.4. The number of thioether (sulfide) groups is 1. The number of amides is 2. The SMILES string of the molecule is CCOc1ccc(C(NC(=O)CCN2CCSC2=O)C(C)C)cc1OCC. The number of ether oxygens (including phenoxy) is 2. The number of nitrogens with one attached hydrogen (secondary N) is 1. The third-order valence-electron chi connectivity index (χ3n) is 4.36. The largest absolute Gasteiger partial charge is 0.490 e. The van der Waals surface area contributed by atoms with E-state index < -0.39 is 0 Å². The maximum atomic E-state index is 12.5. The van der Waals surface area contributed by atoms with Crippen LogP contribution in [-0.2, 0) is 4.79 Å². The van der Waals surface area contributed by atoms with Crippen LogP contribution in [0.1, 0.15) is 45.7 Å². The Morgan fingerprint density at radius 2 is 1.93 bits per heavy atom. The molecule has 1 saturated heterocycles. The molecular formula is C20H30N2O4S. The van der Waals surface area contributed by atoms with E-state index in [4.69, 9.17) is 9.47 Å². The van der Waals surface area contributed by atoms with Crippen LogP contribution in [-0.4, -0.2) is 48.1 Å². The Morgan fingerprint density at radius 3 is 2.52 bits per heavy atom. The van der Waals surface area contributed by atoms with Crippen molar-refractivity contribution in [2.24, 2.45) is 5.92 Å². The van der Waals surface area contributed by atoms with E-state index in [0.717, 1.165) is 17.9 Å². The van der Waals surface area contributed by atoms with Gasteiger partial charge in [0.25, 0.3) is 5.24 Å². The fourth-order valence-electron chi connectivity index (χ4n) is 3.01. The van der Waals surface area contributed by atoms with E-state index in [9.17, 15) is 9.59 Å². The number of nitrogens with zero attached hydrogens (tertiary/aromatic N) is 1. The van der Waals surface area contributed by atoms with Gasteiger partial charge in [-0.25, -0.2) is 0 Å². The summed E-state index contributed by atoms with van der Waals surface area (Å²) in [7, 11) is 0. The van der Waals surface area contributed by atoms with Gasteiger partial charge in [-0.05, 0) is 37.5 Å². The predicted molar refractivity (Wildman–Crippen MR) is 109 cm³/mol. The van der Waals surface area contributed by atoms with Crippen molar-refractivity contribution in [2.75, 3.05) is 32.1 Å². The van der Waals surface area contributed by atoms with E-state index in [1.165, 1.54) is 11.8 Å². The molecule has 1 aromatic carbocycles. The standard InChI is InChI=1S/C20H30N2O4S/c1-5-25-16-8-7-15(13-17(16)26-6-2)19(14(3)4)21-18(23)9-10-22-11-12-27-20(22)24/h7-8,13-14,19H,5-6,9-12H2,1-4H3,(H,21,23). The minimum absolute atomic E-state index is 0.0507. The van der Waals surface area contributed by atoms with Gasteiger partial charge in [0.05, 0.1) is 19.3 Å². The Morgan fingerprint density at radius 1 is 1.22 bits per heavy atom. The van der Waals surface area contributed by atoms with Crippen LogP contribution in [0.25, 0.3) is 0 Å². The first-order valence-corrected chi connectivity index (χ1v) is 10.5. The molecule has 1 N–H and O–H groups in total. The molecular weight excluding hydrogens is 364 g/mol. The molecule has 0 aliphatic carbocycles. The fraction of sp³-hybridized carbons (Fsp3) is 0.600. The van der Waals surface area contributed by atoms with Crippen molar-refractivity contribution < 1.29 is 19.1 Å². The Kier molecular flexibility index (Phi) is 8.28. The molecule has 0 bridgehead atoms. The van der Waals surface area contributed by atoms with Crippen LogP contribution < -0.4 is 14.8 Å². The molecule has 1 aromatic rings. The number of rotatable bonds is 10. The number of carbonyl (C=O) groups excluding carboxylic acids is 2. The summed E-state index contributed by atoms with van der Waals surface area (Å²) in [5.74, 6) is 2.37. The first kappa shape index (κ1) is 21.4. The molecule has 6 nitrogen and oxygen atoms in total. The van der Waals surface area contributed by atoms with Crippen LogP contribution in [0.2, 0.25) is 0 Å². The molecule has 27 heavy (non-hydrogen) atoms. The number of hydrogen-bond donors (Lipinski definition) is 1. The zero-order chi connectivity index (χ0) is 19.8. The van der Waals surface area contributed by atoms with Gasteiger partial charge in [0.15, 0.2) is 11.5 Å². The van der Waals surface area contributed by atoms with Crippen LogP contribution in [0.3, 0.4) is 0 Å². The number of hydrogen-bond acceptors (Lipinski definition) is 5. The van der Waals surface area contributed by atoms with Gasteiger partial charge in [0.2, 0.25) is 5.91 Å².